The highest BCUT2D eigenvalue weighted by atomic mass is 79.9. The van der Waals surface area contributed by atoms with E-state index in [0.29, 0.717) is 0 Å². The molecule has 1 aromatic heterocycles. The predicted molar refractivity (Wildman–Crippen MR) is 74.8 cm³/mol. The number of piperidine rings is 1. The lowest BCUT2D eigenvalue weighted by Gasteiger charge is -2.33. The molecule has 0 aromatic carbocycles. The van der Waals surface area contributed by atoms with Crippen molar-refractivity contribution in [3.05, 3.63) is 28.5 Å². The zero-order chi connectivity index (χ0) is 12.3. The van der Waals surface area contributed by atoms with Gasteiger partial charge in [0, 0.05) is 23.4 Å². The van der Waals surface area contributed by atoms with Crippen LogP contribution < -0.4 is 0 Å². The molecule has 0 N–H and O–H groups in total. The Morgan fingerprint density at radius 3 is 2.65 bits per heavy atom. The van der Waals surface area contributed by atoms with Crippen LogP contribution >= 0.6 is 15.9 Å². The molecule has 1 aliphatic heterocycles. The fourth-order valence-corrected chi connectivity index (χ4v) is 2.99. The number of nitrogens with zero attached hydrogens (tertiary/aromatic N) is 2. The predicted octanol–water partition coefficient (Wildman–Crippen LogP) is 3.71. The van der Waals surface area contributed by atoms with Gasteiger partial charge in [-0.3, -0.25) is 9.88 Å². The Hall–Kier alpha value is -0.410. The van der Waals surface area contributed by atoms with Gasteiger partial charge in [-0.15, -0.1) is 0 Å². The van der Waals surface area contributed by atoms with Crippen molar-refractivity contribution < 1.29 is 0 Å². The smallest absolute Gasteiger partial charge is 0.0410 e. The number of pyridine rings is 1. The van der Waals surface area contributed by atoms with Crippen LogP contribution in [0.1, 0.15) is 32.3 Å². The average Bonchev–Trinajstić information content (AvgIpc) is 2.29. The molecule has 0 radical (unpaired) electrons. The molecular formula is C14H21BrN2. The van der Waals surface area contributed by atoms with Crippen molar-refractivity contribution in [3.8, 4) is 0 Å². The minimum atomic E-state index is 0.838. The van der Waals surface area contributed by atoms with Gasteiger partial charge in [0.2, 0.25) is 0 Å². The summed E-state index contributed by atoms with van der Waals surface area (Å²) >= 11 is 3.47. The van der Waals surface area contributed by atoms with Crippen LogP contribution in [0.2, 0.25) is 0 Å². The van der Waals surface area contributed by atoms with Gasteiger partial charge in [-0.1, -0.05) is 13.8 Å². The van der Waals surface area contributed by atoms with Crippen LogP contribution in [-0.2, 0) is 6.54 Å². The van der Waals surface area contributed by atoms with Crippen molar-refractivity contribution in [1.82, 2.24) is 9.88 Å². The first kappa shape index (κ1) is 13.0. The lowest BCUT2D eigenvalue weighted by molar-refractivity contribution is 0.152. The van der Waals surface area contributed by atoms with Gasteiger partial charge < -0.3 is 0 Å². The molecule has 94 valence electrons. The molecule has 1 aliphatic rings. The van der Waals surface area contributed by atoms with Crippen LogP contribution in [0, 0.1) is 11.8 Å². The van der Waals surface area contributed by atoms with E-state index in [0.717, 1.165) is 22.9 Å². The van der Waals surface area contributed by atoms with E-state index in [1.165, 1.54) is 31.5 Å². The Morgan fingerprint density at radius 2 is 2.06 bits per heavy atom. The summed E-state index contributed by atoms with van der Waals surface area (Å²) in [7, 11) is 0. The zero-order valence-electron chi connectivity index (χ0n) is 10.7. The Bertz CT molecular complexity index is 357. The van der Waals surface area contributed by atoms with Gasteiger partial charge in [0.15, 0.2) is 0 Å². The SMILES string of the molecule is CC(C)C1CCN(Cc2cncc(Br)c2)CC1. The first-order chi connectivity index (χ1) is 8.15. The number of aromatic nitrogens is 1. The summed E-state index contributed by atoms with van der Waals surface area (Å²) < 4.78 is 1.08. The molecule has 0 aliphatic carbocycles. The van der Waals surface area contributed by atoms with Crippen LogP contribution in [-0.4, -0.2) is 23.0 Å². The van der Waals surface area contributed by atoms with Gasteiger partial charge in [-0.2, -0.15) is 0 Å². The van der Waals surface area contributed by atoms with E-state index < -0.39 is 0 Å². The molecule has 1 saturated heterocycles. The van der Waals surface area contributed by atoms with Gasteiger partial charge in [0.05, 0.1) is 0 Å². The summed E-state index contributed by atoms with van der Waals surface area (Å²) in [5, 5.41) is 0. The fourth-order valence-electron chi connectivity index (χ4n) is 2.58. The molecule has 0 spiro atoms. The third kappa shape index (κ3) is 3.78. The van der Waals surface area contributed by atoms with E-state index in [1.54, 1.807) is 0 Å². The number of hydrogen-bond donors (Lipinski definition) is 0. The number of halogens is 1. The van der Waals surface area contributed by atoms with Crippen LogP contribution in [0.3, 0.4) is 0 Å². The van der Waals surface area contributed by atoms with Gasteiger partial charge in [0.1, 0.15) is 0 Å². The summed E-state index contributed by atoms with van der Waals surface area (Å²) in [6.45, 7) is 8.19. The summed E-state index contributed by atoms with van der Waals surface area (Å²) in [6, 6.07) is 2.17. The van der Waals surface area contributed by atoms with Crippen molar-refractivity contribution >= 4 is 15.9 Å². The Balaban J connectivity index is 1.86. The quantitative estimate of drug-likeness (QED) is 0.845. The van der Waals surface area contributed by atoms with Gasteiger partial charge in [-0.25, -0.2) is 0 Å². The van der Waals surface area contributed by atoms with Crippen LogP contribution in [0.4, 0.5) is 0 Å². The normalized spacial score (nSPS) is 18.8. The molecule has 2 heterocycles. The summed E-state index contributed by atoms with van der Waals surface area (Å²) in [5.41, 5.74) is 1.31. The first-order valence-corrected chi connectivity index (χ1v) is 7.26. The Kier molecular flexibility index (Phi) is 4.57. The zero-order valence-corrected chi connectivity index (χ0v) is 12.3. The highest BCUT2D eigenvalue weighted by molar-refractivity contribution is 9.10. The Morgan fingerprint density at radius 1 is 1.35 bits per heavy atom. The third-order valence-electron chi connectivity index (χ3n) is 3.74. The fraction of sp³-hybridized carbons (Fsp3) is 0.643. The molecule has 0 saturated carbocycles. The van der Waals surface area contributed by atoms with Crippen LogP contribution in [0.15, 0.2) is 22.9 Å². The van der Waals surface area contributed by atoms with Gasteiger partial charge in [0.25, 0.3) is 0 Å². The first-order valence-electron chi connectivity index (χ1n) is 6.47. The summed E-state index contributed by atoms with van der Waals surface area (Å²) in [5.74, 6) is 1.76. The molecule has 3 heteroatoms. The van der Waals surface area contributed by atoms with Gasteiger partial charge >= 0.3 is 0 Å². The molecule has 0 unspecified atom stereocenters. The second-order valence-electron chi connectivity index (χ2n) is 5.37. The Labute approximate surface area is 113 Å². The van der Waals surface area contributed by atoms with Crippen molar-refractivity contribution in [2.45, 2.75) is 33.2 Å². The van der Waals surface area contributed by atoms with E-state index in [-0.39, 0.29) is 0 Å². The van der Waals surface area contributed by atoms with Gasteiger partial charge in [-0.05, 0) is 65.3 Å². The highest BCUT2D eigenvalue weighted by Crippen LogP contribution is 2.25. The number of hydrogen-bond acceptors (Lipinski definition) is 2. The molecule has 0 atom stereocenters. The summed E-state index contributed by atoms with van der Waals surface area (Å²) in [6.07, 6.45) is 6.51. The highest BCUT2D eigenvalue weighted by Gasteiger charge is 2.21. The minimum absolute atomic E-state index is 0.838. The van der Waals surface area contributed by atoms with Crippen LogP contribution in [0.5, 0.6) is 0 Å². The monoisotopic (exact) mass is 296 g/mol. The summed E-state index contributed by atoms with van der Waals surface area (Å²) in [4.78, 5) is 6.76. The maximum Gasteiger partial charge on any atom is 0.0410 e. The van der Waals surface area contributed by atoms with Crippen molar-refractivity contribution in [2.75, 3.05) is 13.1 Å². The van der Waals surface area contributed by atoms with E-state index in [1.807, 2.05) is 12.4 Å². The standard InChI is InChI=1S/C14H21BrN2/c1-11(2)13-3-5-17(6-4-13)10-12-7-14(15)9-16-8-12/h7-9,11,13H,3-6,10H2,1-2H3. The van der Waals surface area contributed by atoms with Crippen molar-refractivity contribution in [3.63, 3.8) is 0 Å². The lowest BCUT2D eigenvalue weighted by atomic mass is 9.86. The largest absolute Gasteiger partial charge is 0.299 e. The maximum absolute atomic E-state index is 4.22. The number of rotatable bonds is 3. The van der Waals surface area contributed by atoms with Crippen molar-refractivity contribution in [2.24, 2.45) is 11.8 Å². The molecule has 2 nitrogen and oxygen atoms in total. The molecule has 0 bridgehead atoms. The topological polar surface area (TPSA) is 16.1 Å². The van der Waals surface area contributed by atoms with Crippen molar-refractivity contribution in [1.29, 1.82) is 0 Å². The van der Waals surface area contributed by atoms with E-state index in [9.17, 15) is 0 Å². The van der Waals surface area contributed by atoms with E-state index in [4.69, 9.17) is 0 Å². The average molecular weight is 297 g/mol. The molecular weight excluding hydrogens is 276 g/mol. The second kappa shape index (κ2) is 5.96. The molecule has 1 aromatic rings. The second-order valence-corrected chi connectivity index (χ2v) is 6.28. The minimum Gasteiger partial charge on any atom is -0.299 e. The maximum atomic E-state index is 4.22. The number of likely N-dealkylation sites (tertiary alicyclic amines) is 1. The third-order valence-corrected chi connectivity index (χ3v) is 4.18. The lowest BCUT2D eigenvalue weighted by Crippen LogP contribution is -2.34. The van der Waals surface area contributed by atoms with Crippen LogP contribution in [0.25, 0.3) is 0 Å². The molecule has 1 fully saturated rings. The molecule has 0 amide bonds. The van der Waals surface area contributed by atoms with E-state index in [2.05, 4.69) is 45.7 Å². The van der Waals surface area contributed by atoms with E-state index >= 15 is 0 Å². The molecule has 2 rings (SSSR count). The molecule has 17 heavy (non-hydrogen) atoms.